The lowest BCUT2D eigenvalue weighted by Crippen LogP contribution is -2.30. The summed E-state index contributed by atoms with van der Waals surface area (Å²) in [6.45, 7) is 6.47. The Morgan fingerprint density at radius 3 is 0.833 bits per heavy atom. The smallest absolute Gasteiger partial charge is 0.306 e. The minimum absolute atomic E-state index is 0.0902. The van der Waals surface area contributed by atoms with Crippen LogP contribution in [0.2, 0.25) is 0 Å². The van der Waals surface area contributed by atoms with Gasteiger partial charge in [-0.2, -0.15) is 0 Å². The van der Waals surface area contributed by atoms with E-state index in [1.807, 2.05) is 0 Å². The van der Waals surface area contributed by atoms with Crippen LogP contribution in [0.25, 0.3) is 0 Å². The van der Waals surface area contributed by atoms with Gasteiger partial charge in [-0.05, 0) is 128 Å². The maximum atomic E-state index is 12.9. The topological polar surface area (TPSA) is 78.9 Å². The molecule has 0 saturated carbocycles. The third-order valence-electron chi connectivity index (χ3n) is 13.7. The molecule has 0 aromatic heterocycles. The lowest BCUT2D eigenvalue weighted by Gasteiger charge is -2.18. The van der Waals surface area contributed by atoms with Crippen molar-refractivity contribution < 1.29 is 28.6 Å². The largest absolute Gasteiger partial charge is 0.462 e. The van der Waals surface area contributed by atoms with Crippen molar-refractivity contribution in [2.45, 2.75) is 303 Å². The number of unbranched alkanes of at least 4 members (excludes halogenated alkanes) is 27. The normalized spacial score (nSPS) is 12.9. The number of ether oxygens (including phenoxy) is 3. The summed E-state index contributed by atoms with van der Waals surface area (Å²) in [6, 6.07) is 0. The highest BCUT2D eigenvalue weighted by Gasteiger charge is 2.19. The molecule has 0 heterocycles. The number of carbonyl (C=O) groups excluding carboxylic acids is 3. The molecule has 6 heteroatoms. The van der Waals surface area contributed by atoms with Crippen molar-refractivity contribution >= 4 is 17.9 Å². The van der Waals surface area contributed by atoms with Crippen LogP contribution in [0.4, 0.5) is 0 Å². The van der Waals surface area contributed by atoms with E-state index in [-0.39, 0.29) is 31.1 Å². The van der Waals surface area contributed by atoms with Gasteiger partial charge >= 0.3 is 17.9 Å². The van der Waals surface area contributed by atoms with Gasteiger partial charge in [-0.3, -0.25) is 14.4 Å². The van der Waals surface area contributed by atoms with Gasteiger partial charge < -0.3 is 14.2 Å². The van der Waals surface area contributed by atoms with E-state index in [0.29, 0.717) is 19.3 Å². The number of carbonyl (C=O) groups is 3. The highest BCUT2D eigenvalue weighted by Crippen LogP contribution is 2.15. The molecular formula is C72H120O6. The fourth-order valence-electron chi connectivity index (χ4n) is 8.79. The molecule has 0 spiro atoms. The molecule has 0 bridgehead atoms. The number of rotatable bonds is 58. The van der Waals surface area contributed by atoms with Crippen molar-refractivity contribution in [3.05, 3.63) is 122 Å². The summed E-state index contributed by atoms with van der Waals surface area (Å²) in [4.78, 5) is 38.3. The van der Waals surface area contributed by atoms with Crippen LogP contribution in [0.3, 0.4) is 0 Å². The van der Waals surface area contributed by atoms with Crippen molar-refractivity contribution in [3.63, 3.8) is 0 Å². The van der Waals surface area contributed by atoms with Gasteiger partial charge in [-0.1, -0.05) is 271 Å². The molecule has 0 saturated heterocycles. The van der Waals surface area contributed by atoms with Gasteiger partial charge in [0.1, 0.15) is 13.2 Å². The first-order chi connectivity index (χ1) is 38.5. The molecule has 0 aromatic carbocycles. The van der Waals surface area contributed by atoms with Gasteiger partial charge in [-0.15, -0.1) is 0 Å². The van der Waals surface area contributed by atoms with Crippen LogP contribution >= 0.6 is 0 Å². The third kappa shape index (κ3) is 62.7. The van der Waals surface area contributed by atoms with Crippen LogP contribution in [-0.2, 0) is 28.6 Å². The lowest BCUT2D eigenvalue weighted by molar-refractivity contribution is -0.167. The van der Waals surface area contributed by atoms with Crippen LogP contribution in [0.15, 0.2) is 122 Å². The van der Waals surface area contributed by atoms with E-state index >= 15 is 0 Å². The van der Waals surface area contributed by atoms with Crippen LogP contribution in [-0.4, -0.2) is 37.2 Å². The Bertz CT molecular complexity index is 1620. The predicted octanol–water partition coefficient (Wildman–Crippen LogP) is 22.4. The molecule has 0 aliphatic carbocycles. The van der Waals surface area contributed by atoms with Crippen molar-refractivity contribution in [3.8, 4) is 0 Å². The standard InChI is InChI=1S/C72H120O6/c1-4-7-10-13-16-19-22-25-28-29-30-31-32-33-34-35-36-37-38-39-40-41-42-43-45-47-50-53-56-59-62-65-71(74)77-68-69(67-76-70(73)64-61-58-55-52-49-46-27-24-21-18-15-12-9-6-3)78-72(75)66-63-60-57-54-51-48-44-26-23-20-17-14-11-8-5-2/h7,10,15-16,18-19,24-28,30-31,33-34,36-37,39-40,44,69H,4-6,8-9,11-14,17,20-23,29,32,35,38,41-43,45-68H2,1-3H3/b10-7-,18-15-,19-16-,27-24-,28-25-,31-30-,34-33-,37-36-,40-39-,44-26-. The Balaban J connectivity index is 4.30. The van der Waals surface area contributed by atoms with Crippen molar-refractivity contribution in [1.82, 2.24) is 0 Å². The summed E-state index contributed by atoms with van der Waals surface area (Å²) < 4.78 is 16.9. The van der Waals surface area contributed by atoms with E-state index in [0.717, 1.165) is 148 Å². The summed E-state index contributed by atoms with van der Waals surface area (Å²) in [5, 5.41) is 0. The van der Waals surface area contributed by atoms with E-state index in [1.54, 1.807) is 0 Å². The molecule has 1 atom stereocenters. The zero-order valence-corrected chi connectivity index (χ0v) is 50.9. The van der Waals surface area contributed by atoms with Gasteiger partial charge in [-0.25, -0.2) is 0 Å². The first-order valence-corrected chi connectivity index (χ1v) is 32.5. The molecule has 6 nitrogen and oxygen atoms in total. The van der Waals surface area contributed by atoms with Crippen molar-refractivity contribution in [2.75, 3.05) is 13.2 Å². The second kappa shape index (κ2) is 65.3. The monoisotopic (exact) mass is 1080 g/mol. The molecule has 0 amide bonds. The second-order valence-electron chi connectivity index (χ2n) is 21.3. The highest BCUT2D eigenvalue weighted by atomic mass is 16.6. The second-order valence-corrected chi connectivity index (χ2v) is 21.3. The summed E-state index contributed by atoms with van der Waals surface area (Å²) >= 11 is 0. The van der Waals surface area contributed by atoms with Gasteiger partial charge in [0, 0.05) is 19.3 Å². The maximum Gasteiger partial charge on any atom is 0.306 e. The van der Waals surface area contributed by atoms with Crippen LogP contribution < -0.4 is 0 Å². The predicted molar refractivity (Wildman–Crippen MR) is 339 cm³/mol. The summed E-state index contributed by atoms with van der Waals surface area (Å²) in [5.74, 6) is -0.914. The van der Waals surface area contributed by atoms with Crippen molar-refractivity contribution in [2.24, 2.45) is 0 Å². The van der Waals surface area contributed by atoms with Gasteiger partial charge in [0.15, 0.2) is 6.10 Å². The molecule has 0 rings (SSSR count). The highest BCUT2D eigenvalue weighted by molar-refractivity contribution is 5.71. The van der Waals surface area contributed by atoms with Crippen LogP contribution in [0.5, 0.6) is 0 Å². The molecule has 78 heavy (non-hydrogen) atoms. The first-order valence-electron chi connectivity index (χ1n) is 32.5. The van der Waals surface area contributed by atoms with E-state index in [9.17, 15) is 14.4 Å². The van der Waals surface area contributed by atoms with Gasteiger partial charge in [0.25, 0.3) is 0 Å². The van der Waals surface area contributed by atoms with Crippen LogP contribution in [0, 0.1) is 0 Å². The van der Waals surface area contributed by atoms with Crippen LogP contribution in [0.1, 0.15) is 297 Å². The van der Waals surface area contributed by atoms with Gasteiger partial charge in [0.05, 0.1) is 0 Å². The number of hydrogen-bond acceptors (Lipinski definition) is 6. The third-order valence-corrected chi connectivity index (χ3v) is 13.7. The van der Waals surface area contributed by atoms with E-state index in [1.165, 1.54) is 109 Å². The molecule has 444 valence electrons. The summed E-state index contributed by atoms with van der Waals surface area (Å²) in [5.41, 5.74) is 0. The zero-order valence-electron chi connectivity index (χ0n) is 50.9. The fraction of sp³-hybridized carbons (Fsp3) is 0.681. The molecular weight excluding hydrogens is 961 g/mol. The van der Waals surface area contributed by atoms with E-state index in [4.69, 9.17) is 14.2 Å². The minimum Gasteiger partial charge on any atom is -0.462 e. The lowest BCUT2D eigenvalue weighted by atomic mass is 10.1. The fourth-order valence-corrected chi connectivity index (χ4v) is 8.79. The quantitative estimate of drug-likeness (QED) is 0.0261. The molecule has 0 N–H and O–H groups in total. The minimum atomic E-state index is -0.794. The molecule has 0 aliphatic heterocycles. The average molecular weight is 1080 g/mol. The summed E-state index contributed by atoms with van der Waals surface area (Å²) in [7, 11) is 0. The number of allylic oxidation sites excluding steroid dienone is 20. The Morgan fingerprint density at radius 2 is 0.513 bits per heavy atom. The average Bonchev–Trinajstić information content (AvgIpc) is 3.44. The van der Waals surface area contributed by atoms with E-state index in [2.05, 4.69) is 142 Å². The number of hydrogen-bond donors (Lipinski definition) is 0. The first kappa shape index (κ1) is 73.8. The molecule has 1 unspecified atom stereocenters. The van der Waals surface area contributed by atoms with E-state index < -0.39 is 6.10 Å². The Kier molecular flexibility index (Phi) is 61.8. The number of esters is 3. The maximum absolute atomic E-state index is 12.9. The zero-order chi connectivity index (χ0) is 56.4. The molecule has 0 radical (unpaired) electrons. The Labute approximate surface area is 482 Å². The van der Waals surface area contributed by atoms with Crippen molar-refractivity contribution in [1.29, 1.82) is 0 Å². The summed E-state index contributed by atoms with van der Waals surface area (Å²) in [6.07, 6.45) is 90.6. The Morgan fingerprint density at radius 1 is 0.269 bits per heavy atom. The molecule has 0 aromatic rings. The van der Waals surface area contributed by atoms with Gasteiger partial charge in [0.2, 0.25) is 0 Å². The Hall–Kier alpha value is -4.19. The SMILES string of the molecule is CC/C=C\C/C=C\C/C=C\C/C=C\C/C=C\C/C=C\C/C=C\CCCCCCCCCCCC(=O)OCC(COC(=O)CCCCCCC/C=C\C/C=C\CCCC)OC(=O)CCCCCCC/C=C\CCCCCCCC. The molecule has 0 fully saturated rings. The molecule has 0 aliphatic rings.